The summed E-state index contributed by atoms with van der Waals surface area (Å²) in [6, 6.07) is 13.8. The Kier molecular flexibility index (Phi) is 7.27. The van der Waals surface area contributed by atoms with Crippen LogP contribution >= 0.6 is 15.9 Å². The van der Waals surface area contributed by atoms with Crippen LogP contribution in [0.2, 0.25) is 0 Å². The number of amides is 1. The molecule has 0 unspecified atom stereocenters. The SMILES string of the molecule is Cc1ccc(S(=O)(=O)N2CCC(C(=O)OCC(=O)Nc3ccccc3Br)CC2)cc1. The Morgan fingerprint density at radius 1 is 1.10 bits per heavy atom. The molecule has 0 atom stereocenters. The highest BCUT2D eigenvalue weighted by Gasteiger charge is 2.33. The lowest BCUT2D eigenvalue weighted by atomic mass is 9.98. The number of piperidine rings is 1. The zero-order chi connectivity index (χ0) is 21.7. The summed E-state index contributed by atoms with van der Waals surface area (Å²) in [6.07, 6.45) is 0.714. The molecule has 1 amide bonds. The van der Waals surface area contributed by atoms with Gasteiger partial charge in [0, 0.05) is 17.6 Å². The van der Waals surface area contributed by atoms with Gasteiger partial charge in [-0.25, -0.2) is 8.42 Å². The molecule has 1 aliphatic heterocycles. The number of nitrogens with zero attached hydrogens (tertiary/aromatic N) is 1. The van der Waals surface area contributed by atoms with Gasteiger partial charge < -0.3 is 10.1 Å². The second-order valence-corrected chi connectivity index (χ2v) is 9.92. The van der Waals surface area contributed by atoms with E-state index in [0.717, 1.165) is 10.0 Å². The van der Waals surface area contributed by atoms with Crippen LogP contribution in [0, 0.1) is 12.8 Å². The number of benzene rings is 2. The van der Waals surface area contributed by atoms with E-state index in [1.807, 2.05) is 13.0 Å². The molecular formula is C21H23BrN2O5S. The maximum atomic E-state index is 12.7. The van der Waals surface area contributed by atoms with Gasteiger partial charge in [-0.15, -0.1) is 0 Å². The fraction of sp³-hybridized carbons (Fsp3) is 0.333. The number of nitrogens with one attached hydrogen (secondary N) is 1. The van der Waals surface area contributed by atoms with Crippen molar-refractivity contribution in [2.45, 2.75) is 24.7 Å². The molecule has 0 radical (unpaired) electrons. The third-order valence-corrected chi connectivity index (χ3v) is 7.54. The average molecular weight is 495 g/mol. The Morgan fingerprint density at radius 2 is 1.73 bits per heavy atom. The van der Waals surface area contributed by atoms with Gasteiger partial charge in [0.05, 0.1) is 16.5 Å². The molecule has 0 bridgehead atoms. The van der Waals surface area contributed by atoms with Gasteiger partial charge in [-0.3, -0.25) is 9.59 Å². The number of hydrogen-bond acceptors (Lipinski definition) is 5. The van der Waals surface area contributed by atoms with Crippen molar-refractivity contribution in [1.82, 2.24) is 4.31 Å². The largest absolute Gasteiger partial charge is 0.455 e. The first-order valence-electron chi connectivity index (χ1n) is 9.55. The van der Waals surface area contributed by atoms with Gasteiger partial charge in [0.1, 0.15) is 0 Å². The summed E-state index contributed by atoms with van der Waals surface area (Å²) >= 11 is 3.33. The van der Waals surface area contributed by atoms with Crippen molar-refractivity contribution in [2.75, 3.05) is 25.0 Å². The normalized spacial score (nSPS) is 15.5. The number of hydrogen-bond donors (Lipinski definition) is 1. The standard InChI is InChI=1S/C21H23BrN2O5S/c1-15-6-8-17(9-7-15)30(27,28)24-12-10-16(11-13-24)21(26)29-14-20(25)23-19-5-3-2-4-18(19)22/h2-9,16H,10-14H2,1H3,(H,23,25). The van der Waals surface area contributed by atoms with Crippen LogP contribution in [0.5, 0.6) is 0 Å². The number of ether oxygens (including phenoxy) is 1. The highest BCUT2D eigenvalue weighted by Crippen LogP contribution is 2.25. The molecule has 0 spiro atoms. The molecule has 30 heavy (non-hydrogen) atoms. The van der Waals surface area contributed by atoms with E-state index >= 15 is 0 Å². The van der Waals surface area contributed by atoms with Crippen LogP contribution < -0.4 is 5.32 Å². The summed E-state index contributed by atoms with van der Waals surface area (Å²) in [7, 11) is -3.58. The fourth-order valence-electron chi connectivity index (χ4n) is 3.19. The average Bonchev–Trinajstić information content (AvgIpc) is 2.74. The minimum absolute atomic E-state index is 0.235. The van der Waals surface area contributed by atoms with Crippen molar-refractivity contribution in [1.29, 1.82) is 0 Å². The number of sulfonamides is 1. The third kappa shape index (κ3) is 5.47. The minimum Gasteiger partial charge on any atom is -0.455 e. The molecule has 3 rings (SSSR count). The third-order valence-electron chi connectivity index (χ3n) is 4.94. The summed E-state index contributed by atoms with van der Waals surface area (Å²) in [5.74, 6) is -1.34. The monoisotopic (exact) mass is 494 g/mol. The van der Waals surface area contributed by atoms with Crippen molar-refractivity contribution in [2.24, 2.45) is 5.92 Å². The Bertz CT molecular complexity index is 1020. The Balaban J connectivity index is 1.48. The molecule has 7 nitrogen and oxygen atoms in total. The lowest BCUT2D eigenvalue weighted by Crippen LogP contribution is -2.40. The number of halogens is 1. The molecular weight excluding hydrogens is 472 g/mol. The second-order valence-electron chi connectivity index (χ2n) is 7.13. The van der Waals surface area contributed by atoms with Crippen LogP contribution in [-0.2, 0) is 24.3 Å². The summed E-state index contributed by atoms with van der Waals surface area (Å²) < 4.78 is 32.7. The van der Waals surface area contributed by atoms with E-state index in [4.69, 9.17) is 4.74 Å². The molecule has 1 heterocycles. The van der Waals surface area contributed by atoms with E-state index in [-0.39, 0.29) is 24.6 Å². The molecule has 0 aromatic heterocycles. The van der Waals surface area contributed by atoms with Crippen LogP contribution in [-0.4, -0.2) is 44.3 Å². The number of para-hydroxylation sites is 1. The first-order chi connectivity index (χ1) is 14.3. The van der Waals surface area contributed by atoms with E-state index < -0.39 is 27.8 Å². The second kappa shape index (κ2) is 9.72. The first-order valence-corrected chi connectivity index (χ1v) is 11.8. The highest BCUT2D eigenvalue weighted by molar-refractivity contribution is 9.10. The molecule has 2 aromatic rings. The van der Waals surface area contributed by atoms with E-state index in [0.29, 0.717) is 18.5 Å². The van der Waals surface area contributed by atoms with Crippen molar-refractivity contribution >= 4 is 43.5 Å². The van der Waals surface area contributed by atoms with Gasteiger partial charge in [0.15, 0.2) is 6.61 Å². The summed E-state index contributed by atoms with van der Waals surface area (Å²) in [6.45, 7) is 1.98. The van der Waals surface area contributed by atoms with Crippen LogP contribution in [0.25, 0.3) is 0 Å². The highest BCUT2D eigenvalue weighted by atomic mass is 79.9. The van der Waals surface area contributed by atoms with Gasteiger partial charge >= 0.3 is 5.97 Å². The van der Waals surface area contributed by atoms with Crippen molar-refractivity contribution in [3.8, 4) is 0 Å². The van der Waals surface area contributed by atoms with Crippen molar-refractivity contribution < 1.29 is 22.7 Å². The maximum absolute atomic E-state index is 12.7. The van der Waals surface area contributed by atoms with Gasteiger partial charge in [-0.1, -0.05) is 29.8 Å². The number of carbonyl (C=O) groups is 2. The number of carbonyl (C=O) groups excluding carboxylic acids is 2. The number of anilines is 1. The molecule has 1 saturated heterocycles. The van der Waals surface area contributed by atoms with Crippen LogP contribution in [0.3, 0.4) is 0 Å². The lowest BCUT2D eigenvalue weighted by molar-refractivity contribution is -0.152. The lowest BCUT2D eigenvalue weighted by Gasteiger charge is -2.30. The zero-order valence-corrected chi connectivity index (χ0v) is 18.9. The summed E-state index contributed by atoms with van der Waals surface area (Å²) in [5.41, 5.74) is 1.58. The smallest absolute Gasteiger partial charge is 0.309 e. The van der Waals surface area contributed by atoms with Gasteiger partial charge in [-0.05, 0) is 60.0 Å². The minimum atomic E-state index is -3.58. The Labute approximate surface area is 184 Å². The fourth-order valence-corrected chi connectivity index (χ4v) is 5.05. The quantitative estimate of drug-likeness (QED) is 0.621. The number of esters is 1. The molecule has 2 aromatic carbocycles. The molecule has 9 heteroatoms. The number of aryl methyl sites for hydroxylation is 1. The first kappa shape index (κ1) is 22.5. The van der Waals surface area contributed by atoms with Gasteiger partial charge in [0.25, 0.3) is 5.91 Å². The molecule has 0 saturated carbocycles. The van der Waals surface area contributed by atoms with Crippen LogP contribution in [0.1, 0.15) is 18.4 Å². The van der Waals surface area contributed by atoms with E-state index in [2.05, 4.69) is 21.2 Å². The van der Waals surface area contributed by atoms with E-state index in [9.17, 15) is 18.0 Å². The number of rotatable bonds is 6. The molecule has 160 valence electrons. The van der Waals surface area contributed by atoms with Gasteiger partial charge in [0.2, 0.25) is 10.0 Å². The maximum Gasteiger partial charge on any atom is 0.309 e. The van der Waals surface area contributed by atoms with Crippen LogP contribution in [0.4, 0.5) is 5.69 Å². The predicted molar refractivity (Wildman–Crippen MR) is 116 cm³/mol. The molecule has 1 aliphatic rings. The molecule has 0 aliphatic carbocycles. The summed E-state index contributed by atoms with van der Waals surface area (Å²) in [5, 5.41) is 2.67. The zero-order valence-electron chi connectivity index (χ0n) is 16.5. The van der Waals surface area contributed by atoms with Crippen molar-refractivity contribution in [3.63, 3.8) is 0 Å². The van der Waals surface area contributed by atoms with Crippen molar-refractivity contribution in [3.05, 3.63) is 58.6 Å². The van der Waals surface area contributed by atoms with Crippen LogP contribution in [0.15, 0.2) is 57.9 Å². The Hall–Kier alpha value is -2.23. The molecule has 1 fully saturated rings. The van der Waals surface area contributed by atoms with E-state index in [1.165, 1.54) is 4.31 Å². The Morgan fingerprint density at radius 3 is 2.37 bits per heavy atom. The molecule has 1 N–H and O–H groups in total. The van der Waals surface area contributed by atoms with E-state index in [1.54, 1.807) is 42.5 Å². The predicted octanol–water partition coefficient (Wildman–Crippen LogP) is 3.34. The van der Waals surface area contributed by atoms with Gasteiger partial charge in [-0.2, -0.15) is 4.31 Å². The topological polar surface area (TPSA) is 92.8 Å². The summed E-state index contributed by atoms with van der Waals surface area (Å²) in [4.78, 5) is 24.6.